The van der Waals surface area contributed by atoms with Crippen LogP contribution in [0.1, 0.15) is 329 Å². The third-order valence-corrected chi connectivity index (χ3v) is 13.8. The van der Waals surface area contributed by atoms with Crippen LogP contribution < -0.4 is 0 Å². The quantitative estimate of drug-likeness (QED) is 0.0261. The molecule has 0 amide bonds. The van der Waals surface area contributed by atoms with Gasteiger partial charge in [-0.1, -0.05) is 301 Å². The average molecular weight is 996 g/mol. The minimum absolute atomic E-state index is 0.0666. The van der Waals surface area contributed by atoms with Crippen LogP contribution in [-0.2, 0) is 28.6 Å². The Labute approximate surface area is 441 Å². The summed E-state index contributed by atoms with van der Waals surface area (Å²) in [5.74, 6) is -0.857. The van der Waals surface area contributed by atoms with E-state index < -0.39 is 6.10 Å². The van der Waals surface area contributed by atoms with Crippen LogP contribution in [0.3, 0.4) is 0 Å². The minimum Gasteiger partial charge on any atom is -0.462 e. The second-order valence-electron chi connectivity index (χ2n) is 21.0. The van der Waals surface area contributed by atoms with Gasteiger partial charge in [0, 0.05) is 19.3 Å². The predicted molar refractivity (Wildman–Crippen MR) is 307 cm³/mol. The van der Waals surface area contributed by atoms with Crippen molar-refractivity contribution in [1.29, 1.82) is 0 Å². The van der Waals surface area contributed by atoms with E-state index in [4.69, 9.17) is 14.2 Å². The molecule has 0 radical (unpaired) electrons. The lowest BCUT2D eigenvalue weighted by Crippen LogP contribution is -2.30. The van der Waals surface area contributed by atoms with Gasteiger partial charge in [0.15, 0.2) is 6.10 Å². The largest absolute Gasteiger partial charge is 0.462 e. The van der Waals surface area contributed by atoms with Gasteiger partial charge in [0.05, 0.1) is 0 Å². The Morgan fingerprint density at radius 1 is 0.296 bits per heavy atom. The van der Waals surface area contributed by atoms with E-state index in [1.807, 2.05) is 0 Å². The van der Waals surface area contributed by atoms with E-state index in [1.54, 1.807) is 0 Å². The summed E-state index contributed by atoms with van der Waals surface area (Å²) in [7, 11) is 0. The van der Waals surface area contributed by atoms with Crippen molar-refractivity contribution in [2.24, 2.45) is 0 Å². The summed E-state index contributed by atoms with van der Waals surface area (Å²) < 4.78 is 16.8. The van der Waals surface area contributed by atoms with Gasteiger partial charge >= 0.3 is 17.9 Å². The Kier molecular flexibility index (Phi) is 57.7. The van der Waals surface area contributed by atoms with Crippen LogP contribution in [-0.4, -0.2) is 37.2 Å². The number of unbranched alkanes of at least 4 members (excludes halogenated alkanes) is 38. The van der Waals surface area contributed by atoms with Crippen LogP contribution in [0, 0.1) is 0 Å². The molecular weight excluding hydrogens is 877 g/mol. The van der Waals surface area contributed by atoms with Gasteiger partial charge in [-0.25, -0.2) is 0 Å². The van der Waals surface area contributed by atoms with Crippen LogP contribution in [0.4, 0.5) is 0 Å². The molecule has 414 valence electrons. The molecule has 0 bridgehead atoms. The first-order valence-corrected chi connectivity index (χ1v) is 31.1. The van der Waals surface area contributed by atoms with Gasteiger partial charge < -0.3 is 14.2 Å². The van der Waals surface area contributed by atoms with Crippen molar-refractivity contribution in [2.45, 2.75) is 335 Å². The van der Waals surface area contributed by atoms with Crippen LogP contribution >= 0.6 is 0 Å². The van der Waals surface area contributed by atoms with E-state index in [0.717, 1.165) is 83.5 Å². The van der Waals surface area contributed by atoms with Gasteiger partial charge in [0.25, 0.3) is 0 Å². The zero-order valence-corrected chi connectivity index (χ0v) is 47.5. The summed E-state index contributed by atoms with van der Waals surface area (Å²) in [6.45, 7) is 6.51. The molecule has 0 rings (SSSR count). The summed E-state index contributed by atoms with van der Waals surface area (Å²) in [6.07, 6.45) is 74.5. The second kappa shape index (κ2) is 59.9. The zero-order valence-electron chi connectivity index (χ0n) is 47.5. The number of carbonyl (C=O) groups excluding carboxylic acids is 3. The lowest BCUT2D eigenvalue weighted by Gasteiger charge is -2.18. The standard InChI is InChI=1S/C65H118O6/c1-4-7-10-13-16-18-20-22-24-25-26-27-28-29-30-31-32-33-34-35-36-37-38-39-40-41-42-44-45-47-49-52-55-58-64(67)70-61-62(60-69-63(66)57-54-51-15-12-9-6-3)71-65(68)59-56-53-50-48-46-43-23-21-19-17-14-11-8-5-2/h7,10,16,18,22,24,26-27,62H,4-6,8-9,11-15,17,19-21,23,25,28-61H2,1-3H3/b10-7-,18-16-,24-22-,27-26-. The highest BCUT2D eigenvalue weighted by molar-refractivity contribution is 5.71. The first-order valence-electron chi connectivity index (χ1n) is 31.1. The van der Waals surface area contributed by atoms with Crippen LogP contribution in [0.2, 0.25) is 0 Å². The molecule has 0 saturated heterocycles. The Balaban J connectivity index is 3.91. The van der Waals surface area contributed by atoms with E-state index in [0.29, 0.717) is 19.3 Å². The van der Waals surface area contributed by atoms with Crippen molar-refractivity contribution in [1.82, 2.24) is 0 Å². The molecule has 0 aliphatic rings. The topological polar surface area (TPSA) is 78.9 Å². The van der Waals surface area contributed by atoms with Gasteiger partial charge in [-0.05, 0) is 57.8 Å². The molecule has 6 heteroatoms. The van der Waals surface area contributed by atoms with Gasteiger partial charge in [-0.15, -0.1) is 0 Å². The highest BCUT2D eigenvalue weighted by Gasteiger charge is 2.19. The van der Waals surface area contributed by atoms with Crippen molar-refractivity contribution in [2.75, 3.05) is 13.2 Å². The normalized spacial score (nSPS) is 12.3. The third-order valence-electron chi connectivity index (χ3n) is 13.8. The molecule has 1 unspecified atom stereocenters. The summed E-state index contributed by atoms with van der Waals surface area (Å²) in [5, 5.41) is 0. The molecule has 0 spiro atoms. The summed E-state index contributed by atoms with van der Waals surface area (Å²) >= 11 is 0. The fourth-order valence-corrected chi connectivity index (χ4v) is 9.20. The maximum atomic E-state index is 12.8. The van der Waals surface area contributed by atoms with Gasteiger partial charge in [-0.3, -0.25) is 14.4 Å². The van der Waals surface area contributed by atoms with Crippen molar-refractivity contribution < 1.29 is 28.6 Å². The van der Waals surface area contributed by atoms with Crippen molar-refractivity contribution in [3.05, 3.63) is 48.6 Å². The Morgan fingerprint density at radius 3 is 0.859 bits per heavy atom. The van der Waals surface area contributed by atoms with Crippen LogP contribution in [0.25, 0.3) is 0 Å². The fraction of sp³-hybridized carbons (Fsp3) is 0.831. The lowest BCUT2D eigenvalue weighted by atomic mass is 10.0. The van der Waals surface area contributed by atoms with E-state index in [2.05, 4.69) is 69.4 Å². The number of hydrogen-bond acceptors (Lipinski definition) is 6. The van der Waals surface area contributed by atoms with Crippen LogP contribution in [0.15, 0.2) is 48.6 Å². The molecule has 0 heterocycles. The maximum Gasteiger partial charge on any atom is 0.306 e. The summed E-state index contributed by atoms with van der Waals surface area (Å²) in [5.41, 5.74) is 0. The SMILES string of the molecule is CC/C=C\C/C=C\C/C=C\C/C=C\CCCCCCCCCCCCCCCCCCCCCCC(=O)OCC(COC(=O)CCCCCCCC)OC(=O)CCCCCCCCCCCCCCCC. The van der Waals surface area contributed by atoms with Gasteiger partial charge in [-0.2, -0.15) is 0 Å². The number of esters is 3. The van der Waals surface area contributed by atoms with E-state index in [1.165, 1.54) is 205 Å². The van der Waals surface area contributed by atoms with Gasteiger partial charge in [0.1, 0.15) is 13.2 Å². The van der Waals surface area contributed by atoms with Crippen LogP contribution in [0.5, 0.6) is 0 Å². The molecular formula is C65H118O6. The van der Waals surface area contributed by atoms with Gasteiger partial charge in [0.2, 0.25) is 0 Å². The average Bonchev–Trinajstić information content (AvgIpc) is 3.37. The first-order chi connectivity index (χ1) is 35.0. The highest BCUT2D eigenvalue weighted by Crippen LogP contribution is 2.18. The third kappa shape index (κ3) is 58.1. The monoisotopic (exact) mass is 995 g/mol. The Hall–Kier alpha value is -2.63. The minimum atomic E-state index is -0.764. The lowest BCUT2D eigenvalue weighted by molar-refractivity contribution is -0.167. The molecule has 71 heavy (non-hydrogen) atoms. The molecule has 0 aromatic heterocycles. The maximum absolute atomic E-state index is 12.8. The van der Waals surface area contributed by atoms with E-state index in [-0.39, 0.29) is 31.1 Å². The molecule has 1 atom stereocenters. The molecule has 0 N–H and O–H groups in total. The zero-order chi connectivity index (χ0) is 51.4. The predicted octanol–water partition coefficient (Wildman–Crippen LogP) is 21.0. The number of rotatable bonds is 57. The number of carbonyl (C=O) groups is 3. The molecule has 6 nitrogen and oxygen atoms in total. The molecule has 0 aliphatic carbocycles. The molecule has 0 aromatic rings. The molecule has 0 fully saturated rings. The second-order valence-corrected chi connectivity index (χ2v) is 21.0. The fourth-order valence-electron chi connectivity index (χ4n) is 9.20. The summed E-state index contributed by atoms with van der Waals surface area (Å²) in [6, 6.07) is 0. The number of hydrogen-bond donors (Lipinski definition) is 0. The molecule has 0 aliphatic heterocycles. The Morgan fingerprint density at radius 2 is 0.549 bits per heavy atom. The molecule has 0 saturated carbocycles. The van der Waals surface area contributed by atoms with E-state index >= 15 is 0 Å². The number of allylic oxidation sites excluding steroid dienone is 8. The van der Waals surface area contributed by atoms with Crippen molar-refractivity contribution >= 4 is 17.9 Å². The number of ether oxygens (including phenoxy) is 3. The highest BCUT2D eigenvalue weighted by atomic mass is 16.6. The Bertz CT molecular complexity index is 1230. The van der Waals surface area contributed by atoms with Crippen molar-refractivity contribution in [3.63, 3.8) is 0 Å². The smallest absolute Gasteiger partial charge is 0.306 e. The summed E-state index contributed by atoms with van der Waals surface area (Å²) in [4.78, 5) is 37.9. The first kappa shape index (κ1) is 68.4. The molecule has 0 aromatic carbocycles. The van der Waals surface area contributed by atoms with E-state index in [9.17, 15) is 14.4 Å². The van der Waals surface area contributed by atoms with Crippen molar-refractivity contribution in [3.8, 4) is 0 Å².